The van der Waals surface area contributed by atoms with E-state index in [0.29, 0.717) is 6.04 Å². The molecule has 2 rings (SSSR count). The predicted octanol–water partition coefficient (Wildman–Crippen LogP) is 3.24. The van der Waals surface area contributed by atoms with Crippen molar-refractivity contribution >= 4 is 23.1 Å². The van der Waals surface area contributed by atoms with E-state index in [-0.39, 0.29) is 10.9 Å². The van der Waals surface area contributed by atoms with Crippen molar-refractivity contribution in [2.75, 3.05) is 6.54 Å². The minimum atomic E-state index is -0.487. The number of carbonyl (C=O) groups excluding carboxylic acids is 1. The lowest BCUT2D eigenvalue weighted by molar-refractivity contribution is -0.135. The van der Waals surface area contributed by atoms with Crippen LogP contribution in [0.3, 0.4) is 0 Å². The van der Waals surface area contributed by atoms with Gasteiger partial charge in [-0.2, -0.15) is 0 Å². The zero-order valence-electron chi connectivity index (χ0n) is 12.6. The molecule has 114 valence electrons. The fraction of sp³-hybridized carbons (Fsp3) is 0.529. The van der Waals surface area contributed by atoms with E-state index < -0.39 is 5.92 Å². The van der Waals surface area contributed by atoms with Crippen LogP contribution in [0.1, 0.15) is 50.5 Å². The third kappa shape index (κ3) is 3.82. The van der Waals surface area contributed by atoms with E-state index in [1.54, 1.807) is 0 Å². The molecule has 2 N–H and O–H groups in total. The molecule has 1 fully saturated rings. The molecule has 0 radical (unpaired) electrons. The third-order valence-corrected chi connectivity index (χ3v) is 4.43. The van der Waals surface area contributed by atoms with Crippen molar-refractivity contribution in [3.05, 3.63) is 35.9 Å². The summed E-state index contributed by atoms with van der Waals surface area (Å²) in [5.41, 5.74) is 6.78. The summed E-state index contributed by atoms with van der Waals surface area (Å²) in [7, 11) is 0. The van der Waals surface area contributed by atoms with Gasteiger partial charge in [-0.15, -0.1) is 0 Å². The maximum absolute atomic E-state index is 13.0. The van der Waals surface area contributed by atoms with E-state index >= 15 is 0 Å². The van der Waals surface area contributed by atoms with Gasteiger partial charge in [0, 0.05) is 12.6 Å². The third-order valence-electron chi connectivity index (χ3n) is 4.20. The van der Waals surface area contributed by atoms with Gasteiger partial charge in [0.1, 0.15) is 5.92 Å². The van der Waals surface area contributed by atoms with Gasteiger partial charge in [0.05, 0.1) is 4.99 Å². The summed E-state index contributed by atoms with van der Waals surface area (Å²) in [6.07, 6.45) is 5.53. The molecule has 2 unspecified atom stereocenters. The predicted molar refractivity (Wildman–Crippen MR) is 90.2 cm³/mol. The van der Waals surface area contributed by atoms with E-state index in [0.717, 1.165) is 37.8 Å². The highest BCUT2D eigenvalue weighted by Crippen LogP contribution is 2.26. The quantitative estimate of drug-likeness (QED) is 0.850. The van der Waals surface area contributed by atoms with Crippen LogP contribution in [0.2, 0.25) is 0 Å². The van der Waals surface area contributed by atoms with E-state index in [9.17, 15) is 4.79 Å². The smallest absolute Gasteiger partial charge is 0.237 e. The van der Waals surface area contributed by atoms with Gasteiger partial charge in [0.25, 0.3) is 0 Å². The lowest BCUT2D eigenvalue weighted by Gasteiger charge is -2.38. The molecule has 1 aliphatic heterocycles. The first-order valence-corrected chi connectivity index (χ1v) is 8.20. The normalized spacial score (nSPS) is 20.0. The molecule has 0 bridgehead atoms. The highest BCUT2D eigenvalue weighted by Gasteiger charge is 2.33. The van der Waals surface area contributed by atoms with Gasteiger partial charge in [-0.3, -0.25) is 4.79 Å². The first kappa shape index (κ1) is 16.0. The SMILES string of the molecule is CCCC1CCCCN1C(=O)C(C(N)=S)c1ccccc1. The molecule has 0 spiro atoms. The van der Waals surface area contributed by atoms with Crippen molar-refractivity contribution in [1.82, 2.24) is 4.90 Å². The van der Waals surface area contributed by atoms with E-state index in [1.165, 1.54) is 6.42 Å². The summed E-state index contributed by atoms with van der Waals surface area (Å²) >= 11 is 5.18. The summed E-state index contributed by atoms with van der Waals surface area (Å²) in [6.45, 7) is 2.99. The summed E-state index contributed by atoms with van der Waals surface area (Å²) < 4.78 is 0. The maximum atomic E-state index is 13.0. The zero-order chi connectivity index (χ0) is 15.2. The Kier molecular flexibility index (Phi) is 5.74. The first-order valence-electron chi connectivity index (χ1n) is 7.80. The molecular formula is C17H24N2OS. The van der Waals surface area contributed by atoms with E-state index in [1.807, 2.05) is 35.2 Å². The van der Waals surface area contributed by atoms with Crippen LogP contribution in [0.4, 0.5) is 0 Å². The highest BCUT2D eigenvalue weighted by atomic mass is 32.1. The van der Waals surface area contributed by atoms with Crippen LogP contribution < -0.4 is 5.73 Å². The minimum absolute atomic E-state index is 0.0758. The number of thiocarbonyl (C=S) groups is 1. The van der Waals surface area contributed by atoms with Crippen LogP contribution in [-0.2, 0) is 4.79 Å². The standard InChI is InChI=1S/C17H24N2OS/c1-2-8-14-11-6-7-12-19(14)17(20)15(16(18)21)13-9-4-3-5-10-13/h3-5,9-10,14-15H,2,6-8,11-12H2,1H3,(H2,18,21). The summed E-state index contributed by atoms with van der Waals surface area (Å²) in [6, 6.07) is 9.99. The molecule has 1 heterocycles. The number of nitrogens with two attached hydrogens (primary N) is 1. The molecule has 1 aliphatic rings. The number of hydrogen-bond donors (Lipinski definition) is 1. The number of carbonyl (C=O) groups is 1. The molecular weight excluding hydrogens is 280 g/mol. The van der Waals surface area contributed by atoms with Gasteiger partial charge >= 0.3 is 0 Å². The Hall–Kier alpha value is -1.42. The van der Waals surface area contributed by atoms with Crippen molar-refractivity contribution < 1.29 is 4.79 Å². The second-order valence-corrected chi connectivity index (χ2v) is 6.19. The number of benzene rings is 1. The van der Waals surface area contributed by atoms with Crippen LogP contribution in [0.15, 0.2) is 30.3 Å². The summed E-state index contributed by atoms with van der Waals surface area (Å²) in [5.74, 6) is -0.412. The van der Waals surface area contributed by atoms with Gasteiger partial charge in [-0.1, -0.05) is 55.9 Å². The molecule has 2 atom stereocenters. The lowest BCUT2D eigenvalue weighted by atomic mass is 9.92. The number of piperidine rings is 1. The van der Waals surface area contributed by atoms with Crippen LogP contribution in [0.5, 0.6) is 0 Å². The van der Waals surface area contributed by atoms with Crippen LogP contribution >= 0.6 is 12.2 Å². The van der Waals surface area contributed by atoms with E-state index in [4.69, 9.17) is 18.0 Å². The fourth-order valence-corrected chi connectivity index (χ4v) is 3.40. The first-order chi connectivity index (χ1) is 10.1. The average Bonchev–Trinajstić information content (AvgIpc) is 2.49. The fourth-order valence-electron chi connectivity index (χ4n) is 3.16. The molecule has 4 heteroatoms. The highest BCUT2D eigenvalue weighted by molar-refractivity contribution is 7.80. The van der Waals surface area contributed by atoms with Crippen LogP contribution in [-0.4, -0.2) is 28.4 Å². The second-order valence-electron chi connectivity index (χ2n) is 5.72. The molecule has 0 aliphatic carbocycles. The monoisotopic (exact) mass is 304 g/mol. The number of likely N-dealkylation sites (tertiary alicyclic amines) is 1. The van der Waals surface area contributed by atoms with Gasteiger partial charge in [0.2, 0.25) is 5.91 Å². The zero-order valence-corrected chi connectivity index (χ0v) is 13.4. The maximum Gasteiger partial charge on any atom is 0.237 e. The van der Waals surface area contributed by atoms with Crippen LogP contribution in [0.25, 0.3) is 0 Å². The molecule has 0 aromatic heterocycles. The van der Waals surface area contributed by atoms with Gasteiger partial charge in [-0.25, -0.2) is 0 Å². The molecule has 1 aromatic rings. The van der Waals surface area contributed by atoms with Crippen LogP contribution in [0, 0.1) is 0 Å². The van der Waals surface area contributed by atoms with Crippen molar-refractivity contribution in [2.45, 2.75) is 51.0 Å². The average molecular weight is 304 g/mol. The molecule has 21 heavy (non-hydrogen) atoms. The lowest BCUT2D eigenvalue weighted by Crippen LogP contribution is -2.48. The van der Waals surface area contributed by atoms with Gasteiger partial charge in [-0.05, 0) is 31.2 Å². The Morgan fingerprint density at radius 2 is 2.10 bits per heavy atom. The van der Waals surface area contributed by atoms with Crippen molar-refractivity contribution in [3.63, 3.8) is 0 Å². The molecule has 1 aromatic carbocycles. The van der Waals surface area contributed by atoms with Gasteiger partial charge < -0.3 is 10.6 Å². The topological polar surface area (TPSA) is 46.3 Å². The molecule has 0 saturated carbocycles. The number of rotatable bonds is 5. The number of amides is 1. The molecule has 1 amide bonds. The molecule has 3 nitrogen and oxygen atoms in total. The van der Waals surface area contributed by atoms with E-state index in [2.05, 4.69) is 6.92 Å². The minimum Gasteiger partial charge on any atom is -0.392 e. The Balaban J connectivity index is 2.23. The Bertz CT molecular complexity index is 487. The van der Waals surface area contributed by atoms with Crippen molar-refractivity contribution in [1.29, 1.82) is 0 Å². The van der Waals surface area contributed by atoms with Gasteiger partial charge in [0.15, 0.2) is 0 Å². The number of hydrogen-bond acceptors (Lipinski definition) is 2. The largest absolute Gasteiger partial charge is 0.392 e. The Labute approximate surface area is 132 Å². The Morgan fingerprint density at radius 1 is 1.38 bits per heavy atom. The summed E-state index contributed by atoms with van der Waals surface area (Å²) in [4.78, 5) is 15.3. The van der Waals surface area contributed by atoms with Crippen molar-refractivity contribution in [2.24, 2.45) is 5.73 Å². The second kappa shape index (κ2) is 7.55. The summed E-state index contributed by atoms with van der Waals surface area (Å²) in [5, 5.41) is 0. The van der Waals surface area contributed by atoms with Crippen molar-refractivity contribution in [3.8, 4) is 0 Å². The number of nitrogens with zero attached hydrogens (tertiary/aromatic N) is 1. The Morgan fingerprint density at radius 3 is 2.71 bits per heavy atom. The molecule has 1 saturated heterocycles.